The van der Waals surface area contributed by atoms with Crippen LogP contribution in [0.1, 0.15) is 329 Å². The average molecular weight is 944 g/mol. The normalized spacial score (nSPS) is 12.1. The molecule has 0 amide bonds. The van der Waals surface area contributed by atoms with Crippen LogP contribution in [0.25, 0.3) is 0 Å². The molecule has 0 aromatic heterocycles. The molecule has 0 N–H and O–H groups in total. The van der Waals surface area contributed by atoms with Crippen LogP contribution >= 0.6 is 0 Å². The number of carbonyl (C=O) groups is 3. The molecule has 0 rings (SSSR count). The number of rotatable bonds is 55. The Bertz CT molecular complexity index is 1080. The lowest BCUT2D eigenvalue weighted by molar-refractivity contribution is -0.167. The van der Waals surface area contributed by atoms with Crippen molar-refractivity contribution in [2.24, 2.45) is 0 Å². The molecule has 0 fully saturated rings. The van der Waals surface area contributed by atoms with Crippen LogP contribution in [-0.2, 0) is 28.6 Å². The third-order valence-electron chi connectivity index (χ3n) is 13.5. The third kappa shape index (κ3) is 54.7. The monoisotopic (exact) mass is 943 g/mol. The maximum Gasteiger partial charge on any atom is 0.306 e. The molecule has 6 heteroatoms. The van der Waals surface area contributed by atoms with Crippen LogP contribution in [0.15, 0.2) is 24.3 Å². The van der Waals surface area contributed by atoms with Crippen molar-refractivity contribution in [2.45, 2.75) is 335 Å². The molecule has 6 nitrogen and oxygen atoms in total. The summed E-state index contributed by atoms with van der Waals surface area (Å²) >= 11 is 0. The summed E-state index contributed by atoms with van der Waals surface area (Å²) in [6, 6.07) is 0. The summed E-state index contributed by atoms with van der Waals surface area (Å²) in [6.45, 7) is 6.57. The van der Waals surface area contributed by atoms with Crippen molar-refractivity contribution in [3.8, 4) is 0 Å². The minimum Gasteiger partial charge on any atom is -0.462 e. The summed E-state index contributed by atoms with van der Waals surface area (Å²) in [6.07, 6.45) is 66.9. The Morgan fingerprint density at radius 3 is 0.821 bits per heavy atom. The summed E-state index contributed by atoms with van der Waals surface area (Å²) in [4.78, 5) is 37.6. The van der Waals surface area contributed by atoms with Gasteiger partial charge in [0.15, 0.2) is 6.10 Å². The van der Waals surface area contributed by atoms with Crippen LogP contribution < -0.4 is 0 Å². The Labute approximate surface area is 417 Å². The number of allylic oxidation sites excluding steroid dienone is 4. The van der Waals surface area contributed by atoms with Crippen molar-refractivity contribution in [3.05, 3.63) is 24.3 Å². The second-order valence-electron chi connectivity index (χ2n) is 20.3. The van der Waals surface area contributed by atoms with Gasteiger partial charge in [-0.3, -0.25) is 14.4 Å². The molecular weight excluding hydrogens is 829 g/mol. The summed E-state index contributed by atoms with van der Waals surface area (Å²) in [5, 5.41) is 0. The quantitative estimate of drug-likeness (QED) is 0.0262. The zero-order chi connectivity index (χ0) is 48.6. The SMILES string of the molecule is CCCCCCC/C=C\C/C=C\CCCCCCCCCCCCCCCCCCCCCCCCCC(=O)OCC(COC(=O)CCCCCCCCC)OC(=O)CCCCCCCCC. The molecule has 0 spiro atoms. The maximum absolute atomic E-state index is 12.6. The van der Waals surface area contributed by atoms with E-state index in [-0.39, 0.29) is 31.1 Å². The van der Waals surface area contributed by atoms with Gasteiger partial charge in [-0.15, -0.1) is 0 Å². The van der Waals surface area contributed by atoms with E-state index in [1.54, 1.807) is 0 Å². The molecule has 0 radical (unpaired) electrons. The summed E-state index contributed by atoms with van der Waals surface area (Å²) in [5.41, 5.74) is 0. The van der Waals surface area contributed by atoms with Gasteiger partial charge in [-0.25, -0.2) is 0 Å². The highest BCUT2D eigenvalue weighted by Crippen LogP contribution is 2.17. The van der Waals surface area contributed by atoms with Gasteiger partial charge in [0.2, 0.25) is 0 Å². The van der Waals surface area contributed by atoms with Gasteiger partial charge >= 0.3 is 17.9 Å². The number of ether oxygens (including phenoxy) is 3. The van der Waals surface area contributed by atoms with E-state index in [0.717, 1.165) is 64.2 Å². The fraction of sp³-hybridized carbons (Fsp3) is 0.885. The van der Waals surface area contributed by atoms with Crippen LogP contribution in [-0.4, -0.2) is 37.2 Å². The lowest BCUT2D eigenvalue weighted by atomic mass is 10.0. The van der Waals surface area contributed by atoms with Crippen LogP contribution in [0.2, 0.25) is 0 Å². The lowest BCUT2D eigenvalue weighted by Gasteiger charge is -2.18. The molecule has 0 saturated carbocycles. The van der Waals surface area contributed by atoms with Crippen molar-refractivity contribution in [3.63, 3.8) is 0 Å². The Kier molecular flexibility index (Phi) is 54.7. The second-order valence-corrected chi connectivity index (χ2v) is 20.3. The standard InChI is InChI=1S/C61H114O6/c1-4-7-10-13-16-17-18-19-20-21-22-23-24-25-26-27-28-29-30-31-32-33-34-35-36-37-38-39-40-41-42-43-46-48-51-54-60(63)66-57-58(67-61(64)55-52-49-45-15-12-9-6-3)56-65-59(62)53-50-47-44-14-11-8-5-2/h18-19,21-22,58H,4-17,20,23-57H2,1-3H3/b19-18-,22-21-. The predicted molar refractivity (Wildman–Crippen MR) is 289 cm³/mol. The zero-order valence-corrected chi connectivity index (χ0v) is 45.2. The number of hydrogen-bond donors (Lipinski definition) is 0. The van der Waals surface area contributed by atoms with Crippen molar-refractivity contribution < 1.29 is 28.6 Å². The average Bonchev–Trinajstić information content (AvgIpc) is 3.33. The highest BCUT2D eigenvalue weighted by Gasteiger charge is 2.19. The highest BCUT2D eigenvalue weighted by atomic mass is 16.6. The third-order valence-corrected chi connectivity index (χ3v) is 13.5. The Morgan fingerprint density at radius 1 is 0.299 bits per heavy atom. The predicted octanol–water partition coefficient (Wildman–Crippen LogP) is 19.9. The summed E-state index contributed by atoms with van der Waals surface area (Å²) < 4.78 is 16.7. The van der Waals surface area contributed by atoms with Gasteiger partial charge in [0.1, 0.15) is 13.2 Å². The lowest BCUT2D eigenvalue weighted by Crippen LogP contribution is -2.30. The van der Waals surface area contributed by atoms with E-state index in [0.29, 0.717) is 19.3 Å². The van der Waals surface area contributed by atoms with Gasteiger partial charge < -0.3 is 14.2 Å². The molecule has 1 atom stereocenters. The highest BCUT2D eigenvalue weighted by molar-refractivity contribution is 5.71. The minimum absolute atomic E-state index is 0.0656. The van der Waals surface area contributed by atoms with E-state index in [1.165, 1.54) is 225 Å². The van der Waals surface area contributed by atoms with Crippen molar-refractivity contribution in [2.75, 3.05) is 13.2 Å². The molecule has 0 aliphatic rings. The molecule has 394 valence electrons. The van der Waals surface area contributed by atoms with Gasteiger partial charge in [-0.2, -0.15) is 0 Å². The molecule has 0 aromatic rings. The van der Waals surface area contributed by atoms with E-state index in [1.807, 2.05) is 0 Å². The first-order chi connectivity index (χ1) is 33.0. The minimum atomic E-state index is -0.759. The van der Waals surface area contributed by atoms with E-state index in [4.69, 9.17) is 14.2 Å². The Balaban J connectivity index is 3.76. The van der Waals surface area contributed by atoms with E-state index < -0.39 is 6.10 Å². The van der Waals surface area contributed by atoms with Crippen LogP contribution in [0.5, 0.6) is 0 Å². The topological polar surface area (TPSA) is 78.9 Å². The van der Waals surface area contributed by atoms with Crippen LogP contribution in [0.4, 0.5) is 0 Å². The number of hydrogen-bond acceptors (Lipinski definition) is 6. The summed E-state index contributed by atoms with van der Waals surface area (Å²) in [7, 11) is 0. The Morgan fingerprint density at radius 2 is 0.537 bits per heavy atom. The molecule has 0 aliphatic carbocycles. The first kappa shape index (κ1) is 64.9. The van der Waals surface area contributed by atoms with Crippen LogP contribution in [0.3, 0.4) is 0 Å². The first-order valence-corrected chi connectivity index (χ1v) is 29.8. The molecule has 0 heterocycles. The second kappa shape index (κ2) is 56.5. The first-order valence-electron chi connectivity index (χ1n) is 29.8. The fourth-order valence-electron chi connectivity index (χ4n) is 8.95. The number of esters is 3. The smallest absolute Gasteiger partial charge is 0.306 e. The van der Waals surface area contributed by atoms with Crippen LogP contribution in [0, 0.1) is 0 Å². The van der Waals surface area contributed by atoms with E-state index in [2.05, 4.69) is 45.1 Å². The maximum atomic E-state index is 12.6. The molecular formula is C61H114O6. The molecule has 1 unspecified atom stereocenters. The molecule has 0 aliphatic heterocycles. The molecule has 67 heavy (non-hydrogen) atoms. The van der Waals surface area contributed by atoms with Crippen molar-refractivity contribution in [1.29, 1.82) is 0 Å². The Hall–Kier alpha value is -2.11. The number of carbonyl (C=O) groups excluding carboxylic acids is 3. The number of unbranched alkanes of at least 4 members (excludes halogenated alkanes) is 40. The summed E-state index contributed by atoms with van der Waals surface area (Å²) in [5.74, 6) is -0.864. The van der Waals surface area contributed by atoms with Gasteiger partial charge in [0.05, 0.1) is 0 Å². The van der Waals surface area contributed by atoms with Gasteiger partial charge in [-0.1, -0.05) is 283 Å². The fourth-order valence-corrected chi connectivity index (χ4v) is 8.95. The van der Waals surface area contributed by atoms with Gasteiger partial charge in [0, 0.05) is 19.3 Å². The molecule has 0 bridgehead atoms. The molecule has 0 saturated heterocycles. The van der Waals surface area contributed by atoms with E-state index >= 15 is 0 Å². The van der Waals surface area contributed by atoms with Gasteiger partial charge in [0.25, 0.3) is 0 Å². The van der Waals surface area contributed by atoms with Crippen molar-refractivity contribution in [1.82, 2.24) is 0 Å². The largest absolute Gasteiger partial charge is 0.462 e. The molecule has 0 aromatic carbocycles. The van der Waals surface area contributed by atoms with E-state index in [9.17, 15) is 14.4 Å². The van der Waals surface area contributed by atoms with Gasteiger partial charge in [-0.05, 0) is 51.4 Å². The van der Waals surface area contributed by atoms with Crippen molar-refractivity contribution >= 4 is 17.9 Å². The zero-order valence-electron chi connectivity index (χ0n) is 45.2.